The molecule has 0 spiro atoms. The van der Waals surface area contributed by atoms with E-state index >= 15 is 0 Å². The third-order valence-electron chi connectivity index (χ3n) is 3.28. The summed E-state index contributed by atoms with van der Waals surface area (Å²) < 4.78 is 7.23. The summed E-state index contributed by atoms with van der Waals surface area (Å²) in [6.45, 7) is 0.326. The second-order valence-electron chi connectivity index (χ2n) is 5.07. The Hall–Kier alpha value is -1.05. The number of thiocarbonyl (C=S) groups is 1. The summed E-state index contributed by atoms with van der Waals surface area (Å²) in [4.78, 5) is 12.4. The van der Waals surface area contributed by atoms with Gasteiger partial charge in [-0.1, -0.05) is 69.2 Å². The van der Waals surface area contributed by atoms with Gasteiger partial charge in [0.15, 0.2) is 0 Å². The van der Waals surface area contributed by atoms with Gasteiger partial charge in [0.05, 0.1) is 15.0 Å². The van der Waals surface area contributed by atoms with Crippen LogP contribution in [0, 0.1) is 0 Å². The third kappa shape index (κ3) is 4.77. The smallest absolute Gasteiger partial charge is 0.263 e. The van der Waals surface area contributed by atoms with Crippen molar-refractivity contribution >= 4 is 79.4 Å². The topological polar surface area (TPSA) is 38.3 Å². The van der Waals surface area contributed by atoms with Crippen LogP contribution in [0.1, 0.15) is 11.1 Å². The molecule has 25 heavy (non-hydrogen) atoms. The molecule has 1 heterocycles. The lowest BCUT2D eigenvalue weighted by Crippen LogP contribution is -2.17. The molecule has 3 rings (SSSR count). The van der Waals surface area contributed by atoms with E-state index in [4.69, 9.17) is 40.2 Å². The van der Waals surface area contributed by atoms with Crippen LogP contribution in [0.4, 0.5) is 0 Å². The minimum atomic E-state index is -0.203. The van der Waals surface area contributed by atoms with Gasteiger partial charge in [0.1, 0.15) is 16.7 Å². The van der Waals surface area contributed by atoms with Crippen LogP contribution < -0.4 is 10.1 Å². The average molecular weight is 475 g/mol. The van der Waals surface area contributed by atoms with Gasteiger partial charge in [-0.15, -0.1) is 0 Å². The van der Waals surface area contributed by atoms with Gasteiger partial charge in [-0.05, 0) is 42.0 Å². The average Bonchev–Trinajstić information content (AvgIpc) is 2.87. The van der Waals surface area contributed by atoms with E-state index < -0.39 is 0 Å². The van der Waals surface area contributed by atoms with Crippen LogP contribution in [0.2, 0.25) is 10.0 Å². The first-order chi connectivity index (χ1) is 11.9. The van der Waals surface area contributed by atoms with Crippen molar-refractivity contribution in [2.75, 3.05) is 0 Å². The number of carbonyl (C=O) groups excluding carboxylic acids is 1. The maximum Gasteiger partial charge on any atom is 0.263 e. The van der Waals surface area contributed by atoms with Gasteiger partial charge in [-0.25, -0.2) is 0 Å². The van der Waals surface area contributed by atoms with Gasteiger partial charge in [0.2, 0.25) is 0 Å². The molecular weight excluding hydrogens is 465 g/mol. The van der Waals surface area contributed by atoms with Gasteiger partial charge in [0, 0.05) is 10.0 Å². The number of ether oxygens (including phenoxy) is 1. The predicted octanol–water partition coefficient (Wildman–Crippen LogP) is 5.82. The van der Waals surface area contributed by atoms with Crippen molar-refractivity contribution in [3.63, 3.8) is 0 Å². The molecule has 8 heteroatoms. The van der Waals surface area contributed by atoms with Crippen LogP contribution in [0.25, 0.3) is 6.08 Å². The summed E-state index contributed by atoms with van der Waals surface area (Å²) in [6.07, 6.45) is 1.76. The fourth-order valence-corrected chi connectivity index (χ4v) is 3.85. The van der Waals surface area contributed by atoms with Gasteiger partial charge in [-0.2, -0.15) is 0 Å². The van der Waals surface area contributed by atoms with Crippen LogP contribution >= 0.6 is 63.1 Å². The molecule has 128 valence electrons. The number of thioether (sulfide) groups is 1. The zero-order chi connectivity index (χ0) is 18.0. The molecule has 1 fully saturated rings. The molecule has 1 N–H and O–H groups in total. The summed E-state index contributed by atoms with van der Waals surface area (Å²) in [5.41, 5.74) is 1.67. The van der Waals surface area contributed by atoms with E-state index in [1.165, 1.54) is 11.8 Å². The third-order valence-corrected chi connectivity index (χ3v) is 5.67. The van der Waals surface area contributed by atoms with Crippen molar-refractivity contribution in [2.45, 2.75) is 6.61 Å². The molecule has 0 atom stereocenters. The Labute approximate surface area is 172 Å². The standard InChI is InChI=1S/C17H10BrCl2NO2S2/c18-11-2-4-14(23-8-9-1-3-12(19)13(20)5-9)10(6-11)7-15-16(22)21-17(24)25-15/h1-7H,8H2,(H,21,22,24). The van der Waals surface area contributed by atoms with Crippen molar-refractivity contribution in [3.8, 4) is 5.75 Å². The van der Waals surface area contributed by atoms with Crippen molar-refractivity contribution in [3.05, 3.63) is 66.9 Å². The van der Waals surface area contributed by atoms with Crippen molar-refractivity contribution in [1.82, 2.24) is 5.32 Å². The first kappa shape index (κ1) is 18.7. The monoisotopic (exact) mass is 473 g/mol. The van der Waals surface area contributed by atoms with E-state index in [-0.39, 0.29) is 5.91 Å². The minimum Gasteiger partial charge on any atom is -0.488 e. The molecule has 0 radical (unpaired) electrons. The maximum atomic E-state index is 11.9. The maximum absolute atomic E-state index is 11.9. The lowest BCUT2D eigenvalue weighted by molar-refractivity contribution is -0.115. The number of carbonyl (C=O) groups is 1. The minimum absolute atomic E-state index is 0.203. The predicted molar refractivity (Wildman–Crippen MR) is 111 cm³/mol. The quantitative estimate of drug-likeness (QED) is 0.447. The molecule has 0 saturated carbocycles. The number of amides is 1. The van der Waals surface area contributed by atoms with E-state index in [2.05, 4.69) is 21.2 Å². The molecule has 0 unspecified atom stereocenters. The highest BCUT2D eigenvalue weighted by molar-refractivity contribution is 9.10. The second kappa shape index (κ2) is 8.10. The SMILES string of the molecule is O=C1NC(=S)SC1=Cc1cc(Br)ccc1OCc1ccc(Cl)c(Cl)c1. The number of halogens is 3. The number of hydrogen-bond donors (Lipinski definition) is 1. The van der Waals surface area contributed by atoms with E-state index in [1.54, 1.807) is 18.2 Å². The lowest BCUT2D eigenvalue weighted by atomic mass is 10.2. The first-order valence-corrected chi connectivity index (χ1v) is 9.81. The Balaban J connectivity index is 1.84. The number of nitrogens with one attached hydrogen (secondary N) is 1. The lowest BCUT2D eigenvalue weighted by Gasteiger charge is -2.11. The van der Waals surface area contributed by atoms with Gasteiger partial charge in [0.25, 0.3) is 5.91 Å². The Morgan fingerprint density at radius 3 is 2.68 bits per heavy atom. The van der Waals surface area contributed by atoms with Crippen LogP contribution in [0.15, 0.2) is 45.8 Å². The van der Waals surface area contributed by atoms with E-state index in [9.17, 15) is 4.79 Å². The molecule has 0 bridgehead atoms. The van der Waals surface area contributed by atoms with Gasteiger partial charge >= 0.3 is 0 Å². The molecule has 0 aromatic heterocycles. The Morgan fingerprint density at radius 2 is 2.00 bits per heavy atom. The van der Waals surface area contributed by atoms with E-state index in [1.807, 2.05) is 24.3 Å². The van der Waals surface area contributed by atoms with Gasteiger partial charge < -0.3 is 10.1 Å². The molecule has 2 aromatic rings. The fourth-order valence-electron chi connectivity index (χ4n) is 2.12. The molecule has 3 nitrogen and oxygen atoms in total. The molecule has 1 saturated heterocycles. The molecule has 1 aliphatic rings. The highest BCUT2D eigenvalue weighted by Gasteiger charge is 2.22. The van der Waals surface area contributed by atoms with E-state index in [0.717, 1.165) is 15.6 Å². The first-order valence-electron chi connectivity index (χ1n) is 7.03. The van der Waals surface area contributed by atoms with Crippen molar-refractivity contribution < 1.29 is 9.53 Å². The zero-order valence-electron chi connectivity index (χ0n) is 12.5. The summed E-state index contributed by atoms with van der Waals surface area (Å²) in [7, 11) is 0. The number of rotatable bonds is 4. The normalized spacial score (nSPS) is 15.6. The summed E-state index contributed by atoms with van der Waals surface area (Å²) >= 11 is 21.6. The molecular formula is C17H10BrCl2NO2S2. The van der Waals surface area contributed by atoms with Crippen LogP contribution in [0.5, 0.6) is 5.75 Å². The van der Waals surface area contributed by atoms with Crippen LogP contribution in [0.3, 0.4) is 0 Å². The van der Waals surface area contributed by atoms with E-state index in [0.29, 0.717) is 31.6 Å². The van der Waals surface area contributed by atoms with Crippen molar-refractivity contribution in [1.29, 1.82) is 0 Å². The fraction of sp³-hybridized carbons (Fsp3) is 0.0588. The van der Waals surface area contributed by atoms with Crippen molar-refractivity contribution in [2.24, 2.45) is 0 Å². The number of benzene rings is 2. The Kier molecular flexibility index (Phi) is 6.07. The largest absolute Gasteiger partial charge is 0.488 e. The molecule has 1 amide bonds. The van der Waals surface area contributed by atoms with Crippen LogP contribution in [-0.2, 0) is 11.4 Å². The number of hydrogen-bond acceptors (Lipinski definition) is 4. The highest BCUT2D eigenvalue weighted by Crippen LogP contribution is 2.32. The Bertz CT molecular complexity index is 902. The zero-order valence-corrected chi connectivity index (χ0v) is 17.2. The second-order valence-corrected chi connectivity index (χ2v) is 8.52. The molecule has 1 aliphatic heterocycles. The highest BCUT2D eigenvalue weighted by atomic mass is 79.9. The molecule has 2 aromatic carbocycles. The summed E-state index contributed by atoms with van der Waals surface area (Å²) in [5, 5.41) is 3.58. The van der Waals surface area contributed by atoms with Crippen LogP contribution in [-0.4, -0.2) is 10.2 Å². The summed E-state index contributed by atoms with van der Waals surface area (Å²) in [5.74, 6) is 0.443. The van der Waals surface area contributed by atoms with Gasteiger partial charge in [-0.3, -0.25) is 4.79 Å². The summed E-state index contributed by atoms with van der Waals surface area (Å²) in [6, 6.07) is 10.9. The Morgan fingerprint density at radius 1 is 1.20 bits per heavy atom. The molecule has 0 aliphatic carbocycles.